The van der Waals surface area contributed by atoms with Crippen LogP contribution in [0.3, 0.4) is 0 Å². The Morgan fingerprint density at radius 1 is 1.16 bits per heavy atom. The molecular formula is C24H23N3O5. The summed E-state index contributed by atoms with van der Waals surface area (Å²) in [5, 5.41) is 8.78. The van der Waals surface area contributed by atoms with Gasteiger partial charge in [0.15, 0.2) is 11.3 Å². The number of aryl methyl sites for hydroxylation is 1. The molecule has 0 fully saturated rings. The highest BCUT2D eigenvalue weighted by molar-refractivity contribution is 5.85. The Kier molecular flexibility index (Phi) is 6.02. The van der Waals surface area contributed by atoms with Gasteiger partial charge < -0.3 is 18.5 Å². The predicted molar refractivity (Wildman–Crippen MR) is 117 cm³/mol. The summed E-state index contributed by atoms with van der Waals surface area (Å²) in [6, 6.07) is 15.1. The molecule has 0 atom stereocenters. The van der Waals surface area contributed by atoms with Crippen LogP contribution in [0.4, 0.5) is 0 Å². The molecule has 0 unspecified atom stereocenters. The van der Waals surface area contributed by atoms with Gasteiger partial charge in [-0.25, -0.2) is 4.79 Å². The van der Waals surface area contributed by atoms with Crippen molar-refractivity contribution in [2.75, 3.05) is 6.61 Å². The zero-order chi connectivity index (χ0) is 22.7. The number of ether oxygens (including phenoxy) is 1. The summed E-state index contributed by atoms with van der Waals surface area (Å²) >= 11 is 0. The van der Waals surface area contributed by atoms with Gasteiger partial charge in [-0.15, -0.1) is 0 Å². The Hall–Kier alpha value is -3.94. The third-order valence-electron chi connectivity index (χ3n) is 4.69. The summed E-state index contributed by atoms with van der Waals surface area (Å²) < 4.78 is 17.2. The van der Waals surface area contributed by atoms with Crippen LogP contribution < -0.4 is 10.3 Å². The van der Waals surface area contributed by atoms with Crippen molar-refractivity contribution in [2.45, 2.75) is 27.7 Å². The smallest absolute Gasteiger partial charge is 0.337 e. The van der Waals surface area contributed by atoms with Crippen molar-refractivity contribution < 1.29 is 23.3 Å². The van der Waals surface area contributed by atoms with Gasteiger partial charge in [0.05, 0.1) is 12.5 Å². The molecule has 8 nitrogen and oxygen atoms in total. The van der Waals surface area contributed by atoms with E-state index >= 15 is 0 Å². The number of hydrogen-bond acceptors (Lipinski definition) is 8. The highest BCUT2D eigenvalue weighted by Gasteiger charge is 2.18. The van der Waals surface area contributed by atoms with Gasteiger partial charge in [-0.1, -0.05) is 61.0 Å². The lowest BCUT2D eigenvalue weighted by Gasteiger charge is -2.07. The molecule has 0 saturated carbocycles. The molecule has 0 amide bonds. The molecule has 0 radical (unpaired) electrons. The second-order valence-corrected chi connectivity index (χ2v) is 7.52. The lowest BCUT2D eigenvalue weighted by molar-refractivity contribution is -0.148. The first kappa shape index (κ1) is 21.3. The summed E-state index contributed by atoms with van der Waals surface area (Å²) in [5.74, 6) is 0.322. The molecule has 0 aliphatic carbocycles. The third kappa shape index (κ3) is 4.39. The minimum absolute atomic E-state index is 0.0257. The Labute approximate surface area is 184 Å². The summed E-state index contributed by atoms with van der Waals surface area (Å²) in [5.41, 5.74) is 2.83. The SMILES string of the molecule is CCOc1cccc2cc(-c3nc(-c4ccc(C)cc4)no3)/c(=N/OC(=O)C(C)C)oc12. The maximum Gasteiger partial charge on any atom is 0.337 e. The molecule has 0 aliphatic rings. The first-order valence-electron chi connectivity index (χ1n) is 10.3. The molecule has 4 aromatic rings. The molecule has 4 rings (SSSR count). The molecular weight excluding hydrogens is 410 g/mol. The second kappa shape index (κ2) is 9.05. The Balaban J connectivity index is 1.85. The zero-order valence-electron chi connectivity index (χ0n) is 18.3. The molecule has 2 aromatic carbocycles. The van der Waals surface area contributed by atoms with E-state index in [9.17, 15) is 4.79 Å². The van der Waals surface area contributed by atoms with Gasteiger partial charge >= 0.3 is 5.97 Å². The number of carbonyl (C=O) groups excluding carboxylic acids is 1. The maximum atomic E-state index is 12.0. The van der Waals surface area contributed by atoms with Crippen LogP contribution in [-0.2, 0) is 9.63 Å². The average molecular weight is 433 g/mol. The van der Waals surface area contributed by atoms with Gasteiger partial charge in [0.2, 0.25) is 5.82 Å². The van der Waals surface area contributed by atoms with Crippen LogP contribution in [-0.4, -0.2) is 22.7 Å². The minimum atomic E-state index is -0.491. The van der Waals surface area contributed by atoms with Crippen LogP contribution >= 0.6 is 0 Å². The van der Waals surface area contributed by atoms with E-state index in [1.807, 2.05) is 50.2 Å². The predicted octanol–water partition coefficient (Wildman–Crippen LogP) is 4.87. The van der Waals surface area contributed by atoms with E-state index in [-0.39, 0.29) is 17.4 Å². The fraction of sp³-hybridized carbons (Fsp3) is 0.250. The second-order valence-electron chi connectivity index (χ2n) is 7.52. The first-order chi connectivity index (χ1) is 15.5. The van der Waals surface area contributed by atoms with E-state index in [1.165, 1.54) is 0 Å². The van der Waals surface area contributed by atoms with Crippen molar-refractivity contribution in [1.82, 2.24) is 10.1 Å². The van der Waals surface area contributed by atoms with Gasteiger partial charge in [-0.05, 0) is 31.1 Å². The summed E-state index contributed by atoms with van der Waals surface area (Å²) in [6.07, 6.45) is 0. The fourth-order valence-corrected chi connectivity index (χ4v) is 2.96. The molecule has 2 heterocycles. The van der Waals surface area contributed by atoms with Crippen LogP contribution in [0.5, 0.6) is 5.75 Å². The molecule has 8 heteroatoms. The number of fused-ring (bicyclic) bond motifs is 1. The average Bonchev–Trinajstić information content (AvgIpc) is 3.28. The lowest BCUT2D eigenvalue weighted by atomic mass is 10.1. The molecule has 0 bridgehead atoms. The maximum absolute atomic E-state index is 12.0. The highest BCUT2D eigenvalue weighted by atomic mass is 16.7. The van der Waals surface area contributed by atoms with Crippen molar-refractivity contribution in [3.8, 4) is 28.6 Å². The van der Waals surface area contributed by atoms with E-state index in [2.05, 4.69) is 15.3 Å². The van der Waals surface area contributed by atoms with E-state index in [4.69, 9.17) is 18.5 Å². The molecule has 0 aliphatic heterocycles. The van der Waals surface area contributed by atoms with Gasteiger partial charge in [0.1, 0.15) is 5.56 Å². The number of nitrogens with zero attached hydrogens (tertiary/aromatic N) is 3. The molecule has 0 saturated heterocycles. The number of hydrogen-bond donors (Lipinski definition) is 0. The Morgan fingerprint density at radius 2 is 1.94 bits per heavy atom. The first-order valence-corrected chi connectivity index (χ1v) is 10.3. The number of para-hydroxylation sites is 1. The number of carbonyl (C=O) groups is 1. The van der Waals surface area contributed by atoms with Crippen LogP contribution in [0.2, 0.25) is 0 Å². The quantitative estimate of drug-likeness (QED) is 0.316. The van der Waals surface area contributed by atoms with Gasteiger partial charge in [0.25, 0.3) is 11.4 Å². The van der Waals surface area contributed by atoms with Crippen molar-refractivity contribution in [1.29, 1.82) is 0 Å². The van der Waals surface area contributed by atoms with Crippen molar-refractivity contribution in [2.24, 2.45) is 11.1 Å². The molecule has 32 heavy (non-hydrogen) atoms. The summed E-state index contributed by atoms with van der Waals surface area (Å²) in [4.78, 5) is 21.5. The zero-order valence-corrected chi connectivity index (χ0v) is 18.3. The Morgan fingerprint density at radius 3 is 2.66 bits per heavy atom. The molecule has 0 spiro atoms. The standard InChI is InChI=1S/C24H23N3O5/c1-5-29-19-8-6-7-17-13-18(23(30-20(17)19)27-32-24(28)14(2)3)22-25-21(26-31-22)16-11-9-15(4)10-12-16/h6-14H,5H2,1-4H3/b27-23-. The number of rotatable bonds is 6. The van der Waals surface area contributed by atoms with E-state index in [1.54, 1.807) is 26.0 Å². The molecule has 0 N–H and O–H groups in total. The third-order valence-corrected chi connectivity index (χ3v) is 4.69. The van der Waals surface area contributed by atoms with Gasteiger partial charge in [-0.2, -0.15) is 4.98 Å². The summed E-state index contributed by atoms with van der Waals surface area (Å²) in [7, 11) is 0. The van der Waals surface area contributed by atoms with Crippen molar-refractivity contribution in [3.05, 3.63) is 59.6 Å². The van der Waals surface area contributed by atoms with Gasteiger partial charge in [-0.3, -0.25) is 0 Å². The molecule has 164 valence electrons. The van der Waals surface area contributed by atoms with Crippen molar-refractivity contribution >= 4 is 16.9 Å². The monoisotopic (exact) mass is 433 g/mol. The number of aromatic nitrogens is 2. The van der Waals surface area contributed by atoms with Crippen LogP contribution in [0, 0.1) is 12.8 Å². The summed E-state index contributed by atoms with van der Waals surface area (Å²) in [6.45, 7) is 7.79. The molecule has 2 aromatic heterocycles. The number of benzene rings is 2. The lowest BCUT2D eigenvalue weighted by Crippen LogP contribution is -2.13. The van der Waals surface area contributed by atoms with E-state index in [0.717, 1.165) is 16.5 Å². The minimum Gasteiger partial charge on any atom is -0.490 e. The topological polar surface area (TPSA) is 100.0 Å². The van der Waals surface area contributed by atoms with Crippen LogP contribution in [0.1, 0.15) is 26.3 Å². The van der Waals surface area contributed by atoms with E-state index < -0.39 is 5.97 Å². The van der Waals surface area contributed by atoms with Crippen LogP contribution in [0.15, 0.2) is 62.6 Å². The van der Waals surface area contributed by atoms with Crippen LogP contribution in [0.25, 0.3) is 33.8 Å². The van der Waals surface area contributed by atoms with E-state index in [0.29, 0.717) is 29.3 Å². The largest absolute Gasteiger partial charge is 0.490 e. The fourth-order valence-electron chi connectivity index (χ4n) is 2.96. The van der Waals surface area contributed by atoms with Gasteiger partial charge in [0, 0.05) is 10.9 Å². The normalized spacial score (nSPS) is 11.8. The van der Waals surface area contributed by atoms with Crippen molar-refractivity contribution in [3.63, 3.8) is 0 Å². The Bertz CT molecular complexity index is 1320. The highest BCUT2D eigenvalue weighted by Crippen LogP contribution is 2.28.